The number of nitrogens with one attached hydrogen (secondary N) is 1. The predicted molar refractivity (Wildman–Crippen MR) is 80.3 cm³/mol. The second-order valence-corrected chi connectivity index (χ2v) is 6.02. The molecular weight excluding hydrogens is 270 g/mol. The minimum absolute atomic E-state index is 0.801. The first-order valence-electron chi connectivity index (χ1n) is 6.36. The summed E-state index contributed by atoms with van der Waals surface area (Å²) in [5, 5.41) is 14.8. The van der Waals surface area contributed by atoms with Crippen LogP contribution in [-0.2, 0) is 6.54 Å². The normalized spacial score (nSPS) is 10.7. The summed E-state index contributed by atoms with van der Waals surface area (Å²) in [6.45, 7) is 5.09. The van der Waals surface area contributed by atoms with E-state index < -0.39 is 0 Å². The minimum atomic E-state index is 0.801. The van der Waals surface area contributed by atoms with Gasteiger partial charge in [0.05, 0.1) is 11.4 Å². The van der Waals surface area contributed by atoms with Crippen LogP contribution in [0.3, 0.4) is 0 Å². The average molecular weight is 285 g/mol. The Bertz CT molecular complexity index is 702. The van der Waals surface area contributed by atoms with Crippen LogP contribution >= 0.6 is 11.3 Å². The molecule has 0 amide bonds. The van der Waals surface area contributed by atoms with Crippen LogP contribution in [0.5, 0.6) is 0 Å². The van der Waals surface area contributed by atoms with Crippen LogP contribution in [0.2, 0.25) is 0 Å². The molecule has 0 saturated carbocycles. The third kappa shape index (κ3) is 2.55. The molecule has 102 valence electrons. The van der Waals surface area contributed by atoms with Gasteiger partial charge in [-0.1, -0.05) is 12.1 Å². The van der Waals surface area contributed by atoms with Crippen LogP contribution in [0, 0.1) is 13.8 Å². The molecule has 6 heteroatoms. The van der Waals surface area contributed by atoms with E-state index in [4.69, 9.17) is 0 Å². The molecule has 0 spiro atoms. The predicted octanol–water partition coefficient (Wildman–Crippen LogP) is 2.95. The molecular formula is C14H15N5S. The maximum atomic E-state index is 3.94. The van der Waals surface area contributed by atoms with Gasteiger partial charge in [-0.15, -0.1) is 16.4 Å². The van der Waals surface area contributed by atoms with E-state index in [0.29, 0.717) is 0 Å². The Morgan fingerprint density at radius 2 is 2.10 bits per heavy atom. The minimum Gasteiger partial charge on any atom is -0.379 e. The third-order valence-corrected chi connectivity index (χ3v) is 4.12. The Balaban J connectivity index is 1.83. The molecule has 1 N–H and O–H groups in total. The van der Waals surface area contributed by atoms with Gasteiger partial charge in [0.2, 0.25) is 0 Å². The molecule has 0 aliphatic heterocycles. The molecule has 0 fully saturated rings. The fourth-order valence-electron chi connectivity index (χ4n) is 2.14. The first-order chi connectivity index (χ1) is 9.74. The van der Waals surface area contributed by atoms with E-state index in [1.807, 2.05) is 35.6 Å². The summed E-state index contributed by atoms with van der Waals surface area (Å²) in [5.74, 6) is 0. The Kier molecular flexibility index (Phi) is 3.47. The molecule has 3 rings (SSSR count). The smallest absolute Gasteiger partial charge is 0.143 e. The monoisotopic (exact) mass is 285 g/mol. The number of tetrazole rings is 1. The number of aryl methyl sites for hydroxylation is 2. The average Bonchev–Trinajstić information content (AvgIpc) is 3.07. The number of nitrogens with zero attached hydrogens (tertiary/aromatic N) is 4. The molecule has 0 aliphatic rings. The fraction of sp³-hybridized carbons (Fsp3) is 0.214. The van der Waals surface area contributed by atoms with Crippen LogP contribution in [0.25, 0.3) is 5.69 Å². The highest BCUT2D eigenvalue weighted by Gasteiger charge is 2.07. The number of rotatable bonds is 4. The van der Waals surface area contributed by atoms with Crippen molar-refractivity contribution in [1.29, 1.82) is 0 Å². The highest BCUT2D eigenvalue weighted by atomic mass is 32.1. The highest BCUT2D eigenvalue weighted by molar-refractivity contribution is 7.12. The largest absolute Gasteiger partial charge is 0.379 e. The summed E-state index contributed by atoms with van der Waals surface area (Å²) in [7, 11) is 0. The molecule has 2 aromatic heterocycles. The quantitative estimate of drug-likeness (QED) is 0.800. The lowest BCUT2D eigenvalue weighted by atomic mass is 10.2. The molecule has 0 unspecified atom stereocenters. The number of thiophene rings is 1. The van der Waals surface area contributed by atoms with Gasteiger partial charge in [-0.3, -0.25) is 0 Å². The molecule has 0 bridgehead atoms. The highest BCUT2D eigenvalue weighted by Crippen LogP contribution is 2.23. The van der Waals surface area contributed by atoms with E-state index in [9.17, 15) is 0 Å². The topological polar surface area (TPSA) is 55.6 Å². The van der Waals surface area contributed by atoms with Crippen molar-refractivity contribution in [3.05, 3.63) is 52.0 Å². The van der Waals surface area contributed by atoms with Gasteiger partial charge in [-0.05, 0) is 48.0 Å². The molecule has 5 nitrogen and oxygen atoms in total. The van der Waals surface area contributed by atoms with Crippen molar-refractivity contribution in [2.24, 2.45) is 0 Å². The molecule has 1 aromatic carbocycles. The zero-order chi connectivity index (χ0) is 13.9. The molecule has 2 heterocycles. The second kappa shape index (κ2) is 5.42. The van der Waals surface area contributed by atoms with Gasteiger partial charge in [0.15, 0.2) is 0 Å². The van der Waals surface area contributed by atoms with Crippen molar-refractivity contribution in [3.8, 4) is 5.69 Å². The number of hydrogen-bond donors (Lipinski definition) is 1. The Morgan fingerprint density at radius 3 is 2.80 bits per heavy atom. The third-order valence-electron chi connectivity index (χ3n) is 3.11. The number of hydrogen-bond acceptors (Lipinski definition) is 5. The summed E-state index contributed by atoms with van der Waals surface area (Å²) >= 11 is 1.83. The number of aromatic nitrogens is 4. The van der Waals surface area contributed by atoms with Crippen molar-refractivity contribution in [1.82, 2.24) is 20.2 Å². The van der Waals surface area contributed by atoms with Crippen LogP contribution < -0.4 is 5.32 Å². The molecule has 0 atom stereocenters. The zero-order valence-corrected chi connectivity index (χ0v) is 12.2. The summed E-state index contributed by atoms with van der Waals surface area (Å²) < 4.78 is 1.66. The van der Waals surface area contributed by atoms with Crippen molar-refractivity contribution in [3.63, 3.8) is 0 Å². The maximum absolute atomic E-state index is 3.94. The summed E-state index contributed by atoms with van der Waals surface area (Å²) in [4.78, 5) is 2.70. The van der Waals surface area contributed by atoms with Gasteiger partial charge in [0.1, 0.15) is 6.33 Å². The molecule has 20 heavy (non-hydrogen) atoms. The number of anilines is 1. The van der Waals surface area contributed by atoms with E-state index >= 15 is 0 Å². The van der Waals surface area contributed by atoms with Gasteiger partial charge >= 0.3 is 0 Å². The van der Waals surface area contributed by atoms with E-state index in [1.54, 1.807) is 11.0 Å². The fourth-order valence-corrected chi connectivity index (χ4v) is 3.09. The lowest BCUT2D eigenvalue weighted by Crippen LogP contribution is -2.05. The van der Waals surface area contributed by atoms with Gasteiger partial charge in [-0.2, -0.15) is 4.68 Å². The Morgan fingerprint density at radius 1 is 1.25 bits per heavy atom. The standard InChI is InChI=1S/C14H15N5S/c1-10-7-12(11(2)20-10)8-15-13-5-3-4-6-14(13)19-9-16-17-18-19/h3-7,9,15H,8H2,1-2H3. The zero-order valence-electron chi connectivity index (χ0n) is 11.4. The van der Waals surface area contributed by atoms with Crippen molar-refractivity contribution in [2.45, 2.75) is 20.4 Å². The lowest BCUT2D eigenvalue weighted by Gasteiger charge is -2.10. The van der Waals surface area contributed by atoms with Gasteiger partial charge in [0.25, 0.3) is 0 Å². The van der Waals surface area contributed by atoms with E-state index in [0.717, 1.165) is 17.9 Å². The number of benzene rings is 1. The second-order valence-electron chi connectivity index (χ2n) is 4.56. The van der Waals surface area contributed by atoms with Crippen molar-refractivity contribution in [2.75, 3.05) is 5.32 Å². The SMILES string of the molecule is Cc1cc(CNc2ccccc2-n2cnnn2)c(C)s1. The molecule has 3 aromatic rings. The Hall–Kier alpha value is -2.21. The summed E-state index contributed by atoms with van der Waals surface area (Å²) in [6.07, 6.45) is 1.60. The molecule has 0 aliphatic carbocycles. The number of para-hydroxylation sites is 2. The Labute approximate surface area is 121 Å². The molecule has 0 radical (unpaired) electrons. The van der Waals surface area contributed by atoms with Gasteiger partial charge in [0, 0.05) is 16.3 Å². The van der Waals surface area contributed by atoms with Gasteiger partial charge < -0.3 is 5.32 Å². The summed E-state index contributed by atoms with van der Waals surface area (Å²) in [6, 6.07) is 10.2. The lowest BCUT2D eigenvalue weighted by molar-refractivity contribution is 0.789. The van der Waals surface area contributed by atoms with Crippen molar-refractivity contribution < 1.29 is 0 Å². The summed E-state index contributed by atoms with van der Waals surface area (Å²) in [5.41, 5.74) is 3.30. The van der Waals surface area contributed by atoms with Crippen LogP contribution in [0.4, 0.5) is 5.69 Å². The first-order valence-corrected chi connectivity index (χ1v) is 7.18. The van der Waals surface area contributed by atoms with E-state index in [-0.39, 0.29) is 0 Å². The van der Waals surface area contributed by atoms with Crippen LogP contribution in [0.15, 0.2) is 36.7 Å². The van der Waals surface area contributed by atoms with E-state index in [2.05, 4.69) is 40.8 Å². The van der Waals surface area contributed by atoms with Crippen molar-refractivity contribution >= 4 is 17.0 Å². The first kappa shape index (κ1) is 12.8. The van der Waals surface area contributed by atoms with Crippen LogP contribution in [0.1, 0.15) is 15.3 Å². The van der Waals surface area contributed by atoms with E-state index in [1.165, 1.54) is 15.3 Å². The molecule has 0 saturated heterocycles. The van der Waals surface area contributed by atoms with Gasteiger partial charge in [-0.25, -0.2) is 0 Å². The maximum Gasteiger partial charge on any atom is 0.143 e. The van der Waals surface area contributed by atoms with Crippen LogP contribution in [-0.4, -0.2) is 20.2 Å².